The van der Waals surface area contributed by atoms with Gasteiger partial charge in [-0.1, -0.05) is 0 Å². The number of thiophene rings is 1. The molecule has 0 radical (unpaired) electrons. The van der Waals surface area contributed by atoms with Crippen LogP contribution in [0.4, 0.5) is 16.4 Å². The molecule has 0 bridgehead atoms. The number of fused-ring (bicyclic) bond motifs is 1. The molecule has 184 valence electrons. The highest BCUT2D eigenvalue weighted by molar-refractivity contribution is 7.17. The van der Waals surface area contributed by atoms with Gasteiger partial charge in [0.15, 0.2) is 11.7 Å². The minimum atomic E-state index is -1.06. The monoisotopic (exact) mass is 497 g/mol. The van der Waals surface area contributed by atoms with Crippen LogP contribution < -0.4 is 10.2 Å². The molecular weight excluding hydrogens is 470 g/mol. The van der Waals surface area contributed by atoms with E-state index in [2.05, 4.69) is 15.3 Å². The highest BCUT2D eigenvalue weighted by Gasteiger charge is 2.23. The number of rotatable bonds is 7. The van der Waals surface area contributed by atoms with Crippen LogP contribution in [0.3, 0.4) is 0 Å². The third-order valence-electron chi connectivity index (χ3n) is 5.13. The molecule has 4 aromatic rings. The number of aliphatic hydroxyl groups is 1. The molecule has 1 aromatic carbocycles. The largest absolute Gasteiger partial charge is 0.449 e. The lowest BCUT2D eigenvalue weighted by molar-refractivity contribution is 0.0630. The zero-order valence-corrected chi connectivity index (χ0v) is 21.0. The third kappa shape index (κ3) is 5.36. The summed E-state index contributed by atoms with van der Waals surface area (Å²) < 4.78 is 12.4. The molecule has 3 aromatic heterocycles. The van der Waals surface area contributed by atoms with Crippen molar-refractivity contribution in [3.63, 3.8) is 0 Å². The van der Waals surface area contributed by atoms with Gasteiger partial charge < -0.3 is 18.8 Å². The maximum absolute atomic E-state index is 13.1. The predicted molar refractivity (Wildman–Crippen MR) is 134 cm³/mol. The van der Waals surface area contributed by atoms with E-state index in [0.717, 1.165) is 4.88 Å². The van der Waals surface area contributed by atoms with Crippen molar-refractivity contribution in [2.45, 2.75) is 39.8 Å². The number of carbonyl (C=O) groups is 2. The molecule has 11 heteroatoms. The van der Waals surface area contributed by atoms with Gasteiger partial charge in [0, 0.05) is 19.7 Å². The van der Waals surface area contributed by atoms with Crippen LogP contribution in [0.15, 0.2) is 40.9 Å². The van der Waals surface area contributed by atoms with Crippen molar-refractivity contribution < 1.29 is 23.8 Å². The average Bonchev–Trinajstić information content (AvgIpc) is 3.51. The van der Waals surface area contributed by atoms with Gasteiger partial charge in [-0.25, -0.2) is 14.8 Å². The number of hydrogen-bond donors (Lipinski definition) is 2. The molecule has 2 amide bonds. The Bertz CT molecular complexity index is 1380. The Kier molecular flexibility index (Phi) is 6.64. The Balaban J connectivity index is 1.66. The van der Waals surface area contributed by atoms with E-state index >= 15 is 0 Å². The number of amides is 2. The van der Waals surface area contributed by atoms with Crippen molar-refractivity contribution in [2.24, 2.45) is 0 Å². The van der Waals surface area contributed by atoms with Crippen LogP contribution >= 0.6 is 11.3 Å². The highest BCUT2D eigenvalue weighted by Crippen LogP contribution is 2.30. The van der Waals surface area contributed by atoms with Gasteiger partial charge in [0.2, 0.25) is 5.95 Å². The summed E-state index contributed by atoms with van der Waals surface area (Å²) in [5.74, 6) is 1.09. The van der Waals surface area contributed by atoms with E-state index < -0.39 is 11.7 Å². The van der Waals surface area contributed by atoms with Crippen molar-refractivity contribution in [1.29, 1.82) is 0 Å². The summed E-state index contributed by atoms with van der Waals surface area (Å²) in [5.41, 5.74) is 0.787. The number of aromatic nitrogens is 3. The number of aryl methyl sites for hydroxylation is 1. The first-order chi connectivity index (χ1) is 16.6. The van der Waals surface area contributed by atoms with Crippen molar-refractivity contribution in [3.05, 3.63) is 47.3 Å². The first-order valence-electron chi connectivity index (χ1n) is 11.0. The number of hydrogen-bond acceptors (Lipinski definition) is 8. The Morgan fingerprint density at radius 2 is 2.06 bits per heavy atom. The lowest BCUT2D eigenvalue weighted by Crippen LogP contribution is -2.28. The van der Waals surface area contributed by atoms with E-state index in [-0.39, 0.29) is 25.0 Å². The fourth-order valence-electron chi connectivity index (χ4n) is 3.53. The molecule has 0 aliphatic rings. The molecule has 0 saturated heterocycles. The van der Waals surface area contributed by atoms with Gasteiger partial charge in [-0.05, 0) is 51.1 Å². The number of imidazole rings is 1. The van der Waals surface area contributed by atoms with Gasteiger partial charge in [-0.15, -0.1) is 11.3 Å². The molecule has 0 saturated carbocycles. The van der Waals surface area contributed by atoms with Gasteiger partial charge >= 0.3 is 6.09 Å². The van der Waals surface area contributed by atoms with Crippen molar-refractivity contribution in [3.8, 4) is 10.6 Å². The van der Waals surface area contributed by atoms with Crippen molar-refractivity contribution in [1.82, 2.24) is 14.5 Å². The Morgan fingerprint density at radius 3 is 2.71 bits per heavy atom. The van der Waals surface area contributed by atoms with Gasteiger partial charge in [0.05, 0.1) is 45.7 Å². The van der Waals surface area contributed by atoms with E-state index in [0.29, 0.717) is 33.2 Å². The number of oxazole rings is 1. The van der Waals surface area contributed by atoms with Crippen LogP contribution in [-0.2, 0) is 11.3 Å². The number of carbonyl (C=O) groups excluding carboxylic acids is 2. The number of ether oxygens (including phenoxy) is 1. The minimum Gasteiger partial charge on any atom is -0.449 e. The van der Waals surface area contributed by atoms with E-state index in [9.17, 15) is 14.7 Å². The summed E-state index contributed by atoms with van der Waals surface area (Å²) in [6.07, 6.45) is 1.14. The van der Waals surface area contributed by atoms with Crippen LogP contribution in [0.1, 0.15) is 36.3 Å². The molecule has 0 spiro atoms. The Labute approximate surface area is 206 Å². The molecule has 3 heterocycles. The quantitative estimate of drug-likeness (QED) is 0.380. The zero-order chi connectivity index (χ0) is 25.3. The van der Waals surface area contributed by atoms with E-state index in [1.165, 1.54) is 16.2 Å². The van der Waals surface area contributed by atoms with Crippen LogP contribution in [0.2, 0.25) is 0 Å². The number of benzene rings is 1. The summed E-state index contributed by atoms with van der Waals surface area (Å²) in [6.45, 7) is 7.32. The molecule has 0 aliphatic carbocycles. The zero-order valence-electron chi connectivity index (χ0n) is 20.2. The summed E-state index contributed by atoms with van der Waals surface area (Å²) in [6, 6.07) is 8.81. The van der Waals surface area contributed by atoms with Crippen LogP contribution in [0.25, 0.3) is 21.7 Å². The van der Waals surface area contributed by atoms with Gasteiger partial charge in [0.25, 0.3) is 5.91 Å². The molecule has 0 atom stereocenters. The van der Waals surface area contributed by atoms with Crippen molar-refractivity contribution >= 4 is 46.0 Å². The number of nitrogens with one attached hydrogen (secondary N) is 1. The third-order valence-corrected chi connectivity index (χ3v) is 6.22. The lowest BCUT2D eigenvalue weighted by Gasteiger charge is -2.20. The second kappa shape index (κ2) is 9.51. The summed E-state index contributed by atoms with van der Waals surface area (Å²) in [7, 11) is 1.61. The normalized spacial score (nSPS) is 11.6. The topological polar surface area (TPSA) is 123 Å². The maximum Gasteiger partial charge on any atom is 0.413 e. The Hall–Kier alpha value is -3.70. The van der Waals surface area contributed by atoms with E-state index in [4.69, 9.17) is 9.15 Å². The Morgan fingerprint density at radius 1 is 1.29 bits per heavy atom. The molecule has 0 fully saturated rings. The van der Waals surface area contributed by atoms with E-state index in [1.54, 1.807) is 75.8 Å². The van der Waals surface area contributed by atoms with Crippen LogP contribution in [-0.4, -0.2) is 50.9 Å². The number of anilines is 2. The lowest BCUT2D eigenvalue weighted by atomic mass is 10.1. The molecule has 10 nitrogen and oxygen atoms in total. The smallest absolute Gasteiger partial charge is 0.413 e. The first kappa shape index (κ1) is 24.4. The fraction of sp³-hybridized carbons (Fsp3) is 0.333. The number of nitrogens with zero attached hydrogens (tertiary/aromatic N) is 4. The van der Waals surface area contributed by atoms with Gasteiger partial charge in [-0.2, -0.15) is 0 Å². The molecular formula is C24H27N5O5S. The fourth-order valence-corrected chi connectivity index (χ4v) is 4.37. The summed E-state index contributed by atoms with van der Waals surface area (Å²) >= 11 is 1.28. The molecule has 0 unspecified atom stereocenters. The van der Waals surface area contributed by atoms with Gasteiger partial charge in [-0.3, -0.25) is 15.0 Å². The first-order valence-corrected chi connectivity index (χ1v) is 11.8. The second-order valence-corrected chi connectivity index (χ2v) is 9.71. The minimum absolute atomic E-state index is 0.194. The molecule has 35 heavy (non-hydrogen) atoms. The maximum atomic E-state index is 13.1. The van der Waals surface area contributed by atoms with Gasteiger partial charge in [0.1, 0.15) is 0 Å². The molecule has 4 rings (SSSR count). The average molecular weight is 498 g/mol. The van der Waals surface area contributed by atoms with E-state index in [1.807, 2.05) is 0 Å². The summed E-state index contributed by atoms with van der Waals surface area (Å²) in [4.78, 5) is 36.5. The standard InChI is InChI=1S/C24H27N5O5S/c1-6-33-23(31)28(5)15-7-8-17-16(11-15)26-22(29(17)13-24(3,4)32)27-21(30)20-10-9-19(35-20)18-12-25-14(2)34-18/h7-12,32H,6,13H2,1-5H3,(H,26,27,30). The predicted octanol–water partition coefficient (Wildman–Crippen LogP) is 4.68. The second-order valence-electron chi connectivity index (χ2n) is 8.63. The van der Waals surface area contributed by atoms with Crippen LogP contribution in [0, 0.1) is 6.92 Å². The molecule has 0 aliphatic heterocycles. The summed E-state index contributed by atoms with van der Waals surface area (Å²) in [5, 5.41) is 13.3. The van der Waals surface area contributed by atoms with Crippen LogP contribution in [0.5, 0.6) is 0 Å². The molecule has 2 N–H and O–H groups in total. The van der Waals surface area contributed by atoms with Crippen molar-refractivity contribution in [2.75, 3.05) is 23.9 Å². The SMILES string of the molecule is CCOC(=O)N(C)c1ccc2c(c1)nc(NC(=O)c1ccc(-c3cnc(C)o3)s1)n2CC(C)(C)O. The highest BCUT2D eigenvalue weighted by atomic mass is 32.1.